The molecule has 3 rings (SSSR count). The van der Waals surface area contributed by atoms with Crippen LogP contribution in [0.3, 0.4) is 0 Å². The van der Waals surface area contributed by atoms with Crippen molar-refractivity contribution in [2.75, 3.05) is 0 Å². The highest BCUT2D eigenvalue weighted by Gasteiger charge is 2.31. The number of aryl methyl sites for hydroxylation is 2. The average Bonchev–Trinajstić information content (AvgIpc) is 3.00. The highest BCUT2D eigenvalue weighted by molar-refractivity contribution is 9.10. The number of hydrogen-bond acceptors (Lipinski definition) is 2. The molecule has 4 nitrogen and oxygen atoms in total. The molecule has 1 N–H and O–H groups in total. The Balaban J connectivity index is 2.30. The maximum absolute atomic E-state index is 12.1. The second-order valence-corrected chi connectivity index (χ2v) is 9.29. The molecule has 1 unspecified atom stereocenters. The summed E-state index contributed by atoms with van der Waals surface area (Å²) in [5, 5.41) is 11.2. The van der Waals surface area contributed by atoms with E-state index in [-0.39, 0.29) is 17.7 Å². The summed E-state index contributed by atoms with van der Waals surface area (Å²) >= 11 is 15.9. The molecule has 0 fully saturated rings. The van der Waals surface area contributed by atoms with Gasteiger partial charge in [-0.05, 0) is 96.6 Å². The molecule has 3 aromatic rings. The monoisotopic (exact) mass is 508 g/mol. The fourth-order valence-electron chi connectivity index (χ4n) is 3.86. The third-order valence-corrected chi connectivity index (χ3v) is 6.33. The molecule has 1 heterocycles. The minimum absolute atomic E-state index is 0.0190. The van der Waals surface area contributed by atoms with Crippen molar-refractivity contribution in [2.24, 2.45) is 0 Å². The molecule has 0 radical (unpaired) electrons. The summed E-state index contributed by atoms with van der Waals surface area (Å²) in [6.07, 6.45) is 0.583. The SMILES string of the molecule is Cc1ccc(Cl)cc1CC(c1ccc(Cl)cc1C)c1c(C(=O)O)nc(Br)n1C(C)C. The van der Waals surface area contributed by atoms with Crippen molar-refractivity contribution in [1.82, 2.24) is 9.55 Å². The Hall–Kier alpha value is -1.82. The van der Waals surface area contributed by atoms with E-state index in [4.69, 9.17) is 23.2 Å². The van der Waals surface area contributed by atoms with E-state index in [1.807, 2.05) is 68.7 Å². The molecular formula is C23H23BrCl2N2O2. The number of halogens is 3. The highest BCUT2D eigenvalue weighted by Crippen LogP contribution is 2.38. The van der Waals surface area contributed by atoms with Gasteiger partial charge in [0.2, 0.25) is 0 Å². The number of nitrogens with zero attached hydrogens (tertiary/aromatic N) is 2. The second kappa shape index (κ2) is 9.13. The van der Waals surface area contributed by atoms with Gasteiger partial charge in [-0.15, -0.1) is 0 Å². The van der Waals surface area contributed by atoms with Gasteiger partial charge in [0, 0.05) is 22.0 Å². The molecular weight excluding hydrogens is 487 g/mol. The molecule has 0 aliphatic rings. The van der Waals surface area contributed by atoms with Crippen molar-refractivity contribution in [1.29, 1.82) is 0 Å². The van der Waals surface area contributed by atoms with Crippen molar-refractivity contribution in [3.8, 4) is 0 Å². The van der Waals surface area contributed by atoms with Crippen molar-refractivity contribution in [3.05, 3.63) is 84.8 Å². The number of aromatic nitrogens is 2. The molecule has 1 aromatic heterocycles. The molecule has 0 saturated heterocycles. The third-order valence-electron chi connectivity index (χ3n) is 5.30. The van der Waals surface area contributed by atoms with Gasteiger partial charge < -0.3 is 9.67 Å². The van der Waals surface area contributed by atoms with Crippen LogP contribution in [0.4, 0.5) is 0 Å². The van der Waals surface area contributed by atoms with E-state index in [1.54, 1.807) is 0 Å². The first kappa shape index (κ1) is 22.9. The fourth-order valence-corrected chi connectivity index (χ4v) is 5.06. The van der Waals surface area contributed by atoms with Gasteiger partial charge in [-0.25, -0.2) is 9.78 Å². The van der Waals surface area contributed by atoms with Crippen molar-refractivity contribution < 1.29 is 9.90 Å². The number of benzene rings is 2. The first-order valence-corrected chi connectivity index (χ1v) is 11.2. The lowest BCUT2D eigenvalue weighted by Gasteiger charge is -2.25. The number of hydrogen-bond donors (Lipinski definition) is 1. The molecule has 7 heteroatoms. The van der Waals surface area contributed by atoms with E-state index >= 15 is 0 Å². The number of rotatable bonds is 6. The lowest BCUT2D eigenvalue weighted by Crippen LogP contribution is -2.18. The summed E-state index contributed by atoms with van der Waals surface area (Å²) in [4.78, 5) is 16.5. The van der Waals surface area contributed by atoms with Crippen molar-refractivity contribution >= 4 is 45.1 Å². The van der Waals surface area contributed by atoms with Crippen molar-refractivity contribution in [3.63, 3.8) is 0 Å². The Kier molecular flexibility index (Phi) is 6.95. The first-order chi connectivity index (χ1) is 14.1. The van der Waals surface area contributed by atoms with Crippen LogP contribution < -0.4 is 0 Å². The third kappa shape index (κ3) is 4.58. The molecule has 1 atom stereocenters. The Morgan fingerprint density at radius 3 is 2.33 bits per heavy atom. The van der Waals surface area contributed by atoms with Gasteiger partial charge in [0.1, 0.15) is 0 Å². The van der Waals surface area contributed by atoms with Crippen LogP contribution in [0.1, 0.15) is 64.2 Å². The lowest BCUT2D eigenvalue weighted by molar-refractivity contribution is 0.0689. The maximum Gasteiger partial charge on any atom is 0.356 e. The number of carboxylic acids is 1. The minimum Gasteiger partial charge on any atom is -0.476 e. The molecule has 158 valence electrons. The number of carbonyl (C=O) groups is 1. The quantitative estimate of drug-likeness (QED) is 0.381. The van der Waals surface area contributed by atoms with Gasteiger partial charge in [-0.3, -0.25) is 0 Å². The normalized spacial score (nSPS) is 12.4. The average molecular weight is 510 g/mol. The van der Waals surface area contributed by atoms with E-state index in [2.05, 4.69) is 20.9 Å². The number of imidazole rings is 1. The van der Waals surface area contributed by atoms with E-state index in [0.717, 1.165) is 22.3 Å². The van der Waals surface area contributed by atoms with E-state index in [0.29, 0.717) is 26.9 Å². The Labute approximate surface area is 195 Å². The molecule has 0 saturated carbocycles. The molecule has 30 heavy (non-hydrogen) atoms. The Morgan fingerprint density at radius 2 is 1.73 bits per heavy atom. The molecule has 0 aliphatic carbocycles. The molecule has 0 aliphatic heterocycles. The maximum atomic E-state index is 12.1. The van der Waals surface area contributed by atoms with Crippen molar-refractivity contribution in [2.45, 2.75) is 46.1 Å². The summed E-state index contributed by atoms with van der Waals surface area (Å²) in [5.74, 6) is -1.30. The standard InChI is InChI=1S/C23H23BrCl2N2O2/c1-12(2)28-21(20(22(29)30)27-23(28)24)19(18-8-7-16(25)9-14(18)4)11-15-10-17(26)6-5-13(15)3/h5-10,12,19H,11H2,1-4H3,(H,29,30). The zero-order chi connectivity index (χ0) is 22.2. The van der Waals surface area contributed by atoms with Gasteiger partial charge in [-0.1, -0.05) is 35.3 Å². The van der Waals surface area contributed by atoms with Crippen LogP contribution in [0, 0.1) is 13.8 Å². The van der Waals surface area contributed by atoms with Gasteiger partial charge in [0.05, 0.1) is 5.69 Å². The van der Waals surface area contributed by atoms with E-state index < -0.39 is 5.97 Å². The zero-order valence-electron chi connectivity index (χ0n) is 17.2. The molecule has 0 bridgehead atoms. The summed E-state index contributed by atoms with van der Waals surface area (Å²) < 4.78 is 2.45. The number of carboxylic acid groups (broad SMARTS) is 1. The van der Waals surface area contributed by atoms with Crippen LogP contribution in [0.15, 0.2) is 41.1 Å². The van der Waals surface area contributed by atoms with Gasteiger partial charge in [0.25, 0.3) is 0 Å². The zero-order valence-corrected chi connectivity index (χ0v) is 20.3. The predicted molar refractivity (Wildman–Crippen MR) is 125 cm³/mol. The summed E-state index contributed by atoms with van der Waals surface area (Å²) in [7, 11) is 0. The minimum atomic E-state index is -1.05. The van der Waals surface area contributed by atoms with Crippen LogP contribution in [0.5, 0.6) is 0 Å². The highest BCUT2D eigenvalue weighted by atomic mass is 79.9. The Bertz CT molecular complexity index is 1110. The lowest BCUT2D eigenvalue weighted by atomic mass is 9.84. The summed E-state index contributed by atoms with van der Waals surface area (Å²) in [5.41, 5.74) is 4.88. The van der Waals surface area contributed by atoms with Crippen LogP contribution >= 0.6 is 39.1 Å². The predicted octanol–water partition coefficient (Wildman–Crippen LogP) is 7.22. The smallest absolute Gasteiger partial charge is 0.356 e. The molecule has 0 spiro atoms. The van der Waals surface area contributed by atoms with Crippen LogP contribution in [0.2, 0.25) is 10.0 Å². The Morgan fingerprint density at radius 1 is 1.10 bits per heavy atom. The molecule has 0 amide bonds. The second-order valence-electron chi connectivity index (χ2n) is 7.71. The van der Waals surface area contributed by atoms with Crippen LogP contribution in [-0.4, -0.2) is 20.6 Å². The largest absolute Gasteiger partial charge is 0.476 e. The fraction of sp³-hybridized carbons (Fsp3) is 0.304. The topological polar surface area (TPSA) is 55.1 Å². The van der Waals surface area contributed by atoms with Gasteiger partial charge in [-0.2, -0.15) is 0 Å². The number of aromatic carboxylic acids is 1. The van der Waals surface area contributed by atoms with Gasteiger partial charge >= 0.3 is 5.97 Å². The van der Waals surface area contributed by atoms with E-state index in [1.165, 1.54) is 0 Å². The first-order valence-electron chi connectivity index (χ1n) is 9.62. The van der Waals surface area contributed by atoms with Crippen LogP contribution in [-0.2, 0) is 6.42 Å². The van der Waals surface area contributed by atoms with Crippen LogP contribution in [0.25, 0.3) is 0 Å². The summed E-state index contributed by atoms with van der Waals surface area (Å²) in [6.45, 7) is 8.05. The summed E-state index contributed by atoms with van der Waals surface area (Å²) in [6, 6.07) is 11.5. The van der Waals surface area contributed by atoms with Gasteiger partial charge in [0.15, 0.2) is 10.4 Å². The van der Waals surface area contributed by atoms with E-state index in [9.17, 15) is 9.90 Å². The molecule has 2 aromatic carbocycles.